The van der Waals surface area contributed by atoms with Crippen molar-refractivity contribution in [2.75, 3.05) is 20.1 Å². The summed E-state index contributed by atoms with van der Waals surface area (Å²) in [5.74, 6) is 1.60. The van der Waals surface area contributed by atoms with Crippen molar-refractivity contribution in [2.45, 2.75) is 34.3 Å². The van der Waals surface area contributed by atoms with Crippen molar-refractivity contribution in [1.29, 1.82) is 0 Å². The van der Waals surface area contributed by atoms with Crippen molar-refractivity contribution in [2.24, 2.45) is 11.1 Å². The summed E-state index contributed by atoms with van der Waals surface area (Å²) in [6.07, 6.45) is 0. The molecule has 0 fully saturated rings. The number of ether oxygens (including phenoxy) is 1. The second-order valence-corrected chi connectivity index (χ2v) is 7.35. The highest BCUT2D eigenvalue weighted by atomic mass is 16.5. The van der Waals surface area contributed by atoms with E-state index in [0.717, 1.165) is 11.3 Å². The molecule has 0 spiro atoms. The van der Waals surface area contributed by atoms with Gasteiger partial charge in [-0.3, -0.25) is 4.79 Å². The molecule has 2 rings (SSSR count). The summed E-state index contributed by atoms with van der Waals surface area (Å²) in [7, 11) is 1.76. The van der Waals surface area contributed by atoms with E-state index in [1.165, 1.54) is 5.56 Å². The first-order valence-electron chi connectivity index (χ1n) is 8.46. The van der Waals surface area contributed by atoms with Gasteiger partial charge in [0.15, 0.2) is 5.76 Å². The average molecular weight is 344 g/mol. The topological polar surface area (TPSA) is 68.7 Å². The molecular weight excluding hydrogens is 316 g/mol. The van der Waals surface area contributed by atoms with Crippen molar-refractivity contribution in [3.63, 3.8) is 0 Å². The van der Waals surface area contributed by atoms with Gasteiger partial charge >= 0.3 is 0 Å². The zero-order valence-electron chi connectivity index (χ0n) is 15.8. The van der Waals surface area contributed by atoms with E-state index in [2.05, 4.69) is 6.07 Å². The van der Waals surface area contributed by atoms with Crippen LogP contribution in [0.4, 0.5) is 0 Å². The minimum Gasteiger partial charge on any atom is -0.485 e. The first-order valence-corrected chi connectivity index (χ1v) is 8.46. The SMILES string of the molecule is Cc1ccc(OCc2ccc(C(=O)N(C)CC(C)(C)CN)o2)c(C)c1. The summed E-state index contributed by atoms with van der Waals surface area (Å²) in [5, 5.41) is 0. The van der Waals surface area contributed by atoms with E-state index >= 15 is 0 Å². The Morgan fingerprint density at radius 1 is 1.24 bits per heavy atom. The molecule has 0 atom stereocenters. The van der Waals surface area contributed by atoms with Crippen molar-refractivity contribution in [3.05, 3.63) is 53.0 Å². The van der Waals surface area contributed by atoms with Crippen LogP contribution in [0, 0.1) is 19.3 Å². The third-order valence-electron chi connectivity index (χ3n) is 4.14. The second-order valence-electron chi connectivity index (χ2n) is 7.35. The molecule has 0 aliphatic carbocycles. The predicted octanol–water partition coefficient (Wildman–Crippen LogP) is 3.53. The van der Waals surface area contributed by atoms with Crippen molar-refractivity contribution in [1.82, 2.24) is 4.90 Å². The third kappa shape index (κ3) is 5.10. The van der Waals surface area contributed by atoms with Crippen molar-refractivity contribution in [3.8, 4) is 5.75 Å². The number of hydrogen-bond acceptors (Lipinski definition) is 4. The summed E-state index contributed by atoms with van der Waals surface area (Å²) < 4.78 is 11.4. The van der Waals surface area contributed by atoms with Gasteiger partial charge in [-0.25, -0.2) is 0 Å². The zero-order valence-corrected chi connectivity index (χ0v) is 15.8. The molecule has 0 aliphatic rings. The summed E-state index contributed by atoms with van der Waals surface area (Å²) >= 11 is 0. The van der Waals surface area contributed by atoms with Crippen LogP contribution in [0.3, 0.4) is 0 Å². The van der Waals surface area contributed by atoms with Gasteiger partial charge < -0.3 is 19.8 Å². The summed E-state index contributed by atoms with van der Waals surface area (Å²) in [6.45, 7) is 9.48. The summed E-state index contributed by atoms with van der Waals surface area (Å²) in [6, 6.07) is 9.49. The third-order valence-corrected chi connectivity index (χ3v) is 4.14. The fourth-order valence-electron chi connectivity index (χ4n) is 2.65. The molecule has 1 aromatic heterocycles. The second kappa shape index (κ2) is 7.74. The number of aryl methyl sites for hydroxylation is 2. The van der Waals surface area contributed by atoms with E-state index in [1.54, 1.807) is 24.1 Å². The van der Waals surface area contributed by atoms with Crippen LogP contribution in [0.5, 0.6) is 5.75 Å². The van der Waals surface area contributed by atoms with Gasteiger partial charge in [0.05, 0.1) is 0 Å². The zero-order chi connectivity index (χ0) is 18.6. The Labute approximate surface area is 149 Å². The van der Waals surface area contributed by atoms with E-state index < -0.39 is 0 Å². The normalized spacial score (nSPS) is 11.4. The van der Waals surface area contributed by atoms with Gasteiger partial charge in [0.1, 0.15) is 18.1 Å². The van der Waals surface area contributed by atoms with E-state index in [4.69, 9.17) is 14.9 Å². The largest absolute Gasteiger partial charge is 0.485 e. The van der Waals surface area contributed by atoms with E-state index in [9.17, 15) is 4.79 Å². The number of hydrogen-bond donors (Lipinski definition) is 1. The Bertz CT molecular complexity index is 734. The lowest BCUT2D eigenvalue weighted by Gasteiger charge is -2.28. The van der Waals surface area contributed by atoms with Gasteiger partial charge in [0.2, 0.25) is 0 Å². The molecule has 0 radical (unpaired) electrons. The minimum absolute atomic E-state index is 0.133. The predicted molar refractivity (Wildman–Crippen MR) is 98.8 cm³/mol. The van der Waals surface area contributed by atoms with Crippen LogP contribution in [-0.2, 0) is 6.61 Å². The minimum atomic E-state index is -0.153. The Balaban J connectivity index is 1.98. The number of amides is 1. The van der Waals surface area contributed by atoms with Gasteiger partial charge in [-0.15, -0.1) is 0 Å². The highest BCUT2D eigenvalue weighted by Crippen LogP contribution is 2.21. The number of rotatable bonds is 7. The summed E-state index contributed by atoms with van der Waals surface area (Å²) in [4.78, 5) is 14.1. The van der Waals surface area contributed by atoms with Crippen LogP contribution in [0.15, 0.2) is 34.7 Å². The summed E-state index contributed by atoms with van der Waals surface area (Å²) in [5.41, 5.74) is 7.87. The average Bonchev–Trinajstić information content (AvgIpc) is 3.01. The molecule has 2 N–H and O–H groups in total. The standard InChI is InChI=1S/C20H28N2O3/c1-14-6-8-17(15(2)10-14)24-11-16-7-9-18(25-16)19(23)22(5)13-20(3,4)12-21/h6-10H,11-13,21H2,1-5H3. The number of carbonyl (C=O) groups excluding carboxylic acids is 1. The first kappa shape index (κ1) is 19.1. The molecular formula is C20H28N2O3. The number of benzene rings is 1. The van der Waals surface area contributed by atoms with Gasteiger partial charge in [0, 0.05) is 13.6 Å². The lowest BCUT2D eigenvalue weighted by atomic mass is 9.93. The van der Waals surface area contributed by atoms with Gasteiger partial charge in [-0.05, 0) is 49.6 Å². The highest BCUT2D eigenvalue weighted by Gasteiger charge is 2.23. The maximum Gasteiger partial charge on any atom is 0.289 e. The number of nitrogens with two attached hydrogens (primary N) is 1. The molecule has 0 aliphatic heterocycles. The molecule has 2 aromatic rings. The smallest absolute Gasteiger partial charge is 0.289 e. The number of carbonyl (C=O) groups is 1. The van der Waals surface area contributed by atoms with Crippen LogP contribution >= 0.6 is 0 Å². The van der Waals surface area contributed by atoms with Crippen LogP contribution < -0.4 is 10.5 Å². The maximum atomic E-state index is 12.5. The van der Waals surface area contributed by atoms with Crippen molar-refractivity contribution >= 4 is 5.91 Å². The monoisotopic (exact) mass is 344 g/mol. The van der Waals surface area contributed by atoms with Crippen LogP contribution in [-0.4, -0.2) is 30.9 Å². The number of nitrogens with zero attached hydrogens (tertiary/aromatic N) is 1. The van der Waals surface area contributed by atoms with Gasteiger partial charge in [0.25, 0.3) is 5.91 Å². The molecule has 25 heavy (non-hydrogen) atoms. The van der Waals surface area contributed by atoms with Gasteiger partial charge in [-0.2, -0.15) is 0 Å². The molecule has 1 aromatic carbocycles. The van der Waals surface area contributed by atoms with Crippen LogP contribution in [0.2, 0.25) is 0 Å². The fraction of sp³-hybridized carbons (Fsp3) is 0.450. The molecule has 5 heteroatoms. The number of furan rings is 1. The lowest BCUT2D eigenvalue weighted by Crippen LogP contribution is -2.39. The Morgan fingerprint density at radius 3 is 2.60 bits per heavy atom. The van der Waals surface area contributed by atoms with Crippen LogP contribution in [0.1, 0.15) is 41.3 Å². The Morgan fingerprint density at radius 2 is 1.96 bits per heavy atom. The molecule has 1 heterocycles. The van der Waals surface area contributed by atoms with E-state index in [0.29, 0.717) is 24.6 Å². The molecule has 0 saturated carbocycles. The van der Waals surface area contributed by atoms with Crippen LogP contribution in [0.25, 0.3) is 0 Å². The first-order chi connectivity index (χ1) is 11.7. The van der Waals surface area contributed by atoms with Gasteiger partial charge in [-0.1, -0.05) is 31.5 Å². The Hall–Kier alpha value is -2.27. The molecule has 1 amide bonds. The van der Waals surface area contributed by atoms with E-state index in [1.807, 2.05) is 39.8 Å². The molecule has 136 valence electrons. The highest BCUT2D eigenvalue weighted by molar-refractivity contribution is 5.91. The molecule has 0 saturated heterocycles. The molecule has 0 unspecified atom stereocenters. The lowest BCUT2D eigenvalue weighted by molar-refractivity contribution is 0.0705. The Kier molecular flexibility index (Phi) is 5.90. The fourth-order valence-corrected chi connectivity index (χ4v) is 2.65. The van der Waals surface area contributed by atoms with Crippen molar-refractivity contribution < 1.29 is 13.9 Å². The maximum absolute atomic E-state index is 12.5. The molecule has 0 bridgehead atoms. The molecule has 5 nitrogen and oxygen atoms in total. The van der Waals surface area contributed by atoms with E-state index in [-0.39, 0.29) is 17.9 Å². The quantitative estimate of drug-likeness (QED) is 0.834.